The fourth-order valence-corrected chi connectivity index (χ4v) is 1.58. The van der Waals surface area contributed by atoms with Crippen LogP contribution in [0.3, 0.4) is 0 Å². The van der Waals surface area contributed by atoms with Gasteiger partial charge in [-0.05, 0) is 26.0 Å². The maximum absolute atomic E-state index is 11.5. The summed E-state index contributed by atoms with van der Waals surface area (Å²) in [4.78, 5) is 14.5. The van der Waals surface area contributed by atoms with Crippen molar-refractivity contribution in [3.8, 4) is 0 Å². The zero-order valence-corrected chi connectivity index (χ0v) is 9.65. The van der Waals surface area contributed by atoms with Crippen molar-refractivity contribution in [3.63, 3.8) is 0 Å². The quantitative estimate of drug-likeness (QED) is 0.821. The van der Waals surface area contributed by atoms with Gasteiger partial charge < -0.3 is 5.11 Å². The van der Waals surface area contributed by atoms with Gasteiger partial charge in [0.2, 0.25) is 10.0 Å². The van der Waals surface area contributed by atoms with Gasteiger partial charge in [0.05, 0.1) is 5.25 Å². The van der Waals surface area contributed by atoms with Gasteiger partial charge in [-0.2, -0.15) is 0 Å². The summed E-state index contributed by atoms with van der Waals surface area (Å²) in [6.07, 6.45) is 1.32. The standard InChI is InChI=1S/C9H12N2O4S/c1-6(2)16(14,15)11-8-7(9(12)13)4-3-5-10-8/h3-6H,1-2H3,(H,10,11)(H,12,13). The average Bonchev–Trinajstić information content (AvgIpc) is 2.17. The third kappa shape index (κ3) is 2.69. The number of pyridine rings is 1. The monoisotopic (exact) mass is 244 g/mol. The van der Waals surface area contributed by atoms with Gasteiger partial charge in [0.25, 0.3) is 0 Å². The molecule has 0 amide bonds. The molecule has 1 heterocycles. The Morgan fingerprint density at radius 1 is 1.50 bits per heavy atom. The predicted molar refractivity (Wildman–Crippen MR) is 58.9 cm³/mol. The molecule has 0 radical (unpaired) electrons. The van der Waals surface area contributed by atoms with E-state index in [2.05, 4.69) is 9.71 Å². The minimum Gasteiger partial charge on any atom is -0.478 e. The number of carboxylic acids is 1. The van der Waals surface area contributed by atoms with Crippen molar-refractivity contribution in [1.29, 1.82) is 0 Å². The number of nitrogens with one attached hydrogen (secondary N) is 1. The first kappa shape index (κ1) is 12.4. The van der Waals surface area contributed by atoms with Crippen molar-refractivity contribution in [1.82, 2.24) is 4.98 Å². The van der Waals surface area contributed by atoms with E-state index < -0.39 is 21.2 Å². The molecule has 0 aliphatic carbocycles. The topological polar surface area (TPSA) is 96.4 Å². The highest BCUT2D eigenvalue weighted by molar-refractivity contribution is 7.93. The third-order valence-corrected chi connectivity index (χ3v) is 3.62. The summed E-state index contributed by atoms with van der Waals surface area (Å²) < 4.78 is 25.2. The Kier molecular flexibility index (Phi) is 3.48. The lowest BCUT2D eigenvalue weighted by molar-refractivity contribution is 0.0697. The highest BCUT2D eigenvalue weighted by Crippen LogP contribution is 2.14. The Balaban J connectivity index is 3.12. The molecule has 0 bridgehead atoms. The van der Waals surface area contributed by atoms with Crippen LogP contribution in [0.5, 0.6) is 0 Å². The number of aromatic nitrogens is 1. The van der Waals surface area contributed by atoms with Gasteiger partial charge in [-0.15, -0.1) is 0 Å². The summed E-state index contributed by atoms with van der Waals surface area (Å²) >= 11 is 0. The van der Waals surface area contributed by atoms with E-state index in [9.17, 15) is 13.2 Å². The number of anilines is 1. The van der Waals surface area contributed by atoms with Crippen LogP contribution < -0.4 is 4.72 Å². The van der Waals surface area contributed by atoms with Crippen molar-refractivity contribution in [2.45, 2.75) is 19.1 Å². The molecule has 88 valence electrons. The van der Waals surface area contributed by atoms with Crippen LogP contribution >= 0.6 is 0 Å². The van der Waals surface area contributed by atoms with E-state index in [1.807, 2.05) is 0 Å². The van der Waals surface area contributed by atoms with Crippen LogP contribution in [0.2, 0.25) is 0 Å². The van der Waals surface area contributed by atoms with E-state index in [-0.39, 0.29) is 11.4 Å². The maximum Gasteiger partial charge on any atom is 0.339 e. The summed E-state index contributed by atoms with van der Waals surface area (Å²) in [5.41, 5.74) is -0.174. The van der Waals surface area contributed by atoms with Gasteiger partial charge in [-0.25, -0.2) is 18.2 Å². The first-order valence-corrected chi connectivity index (χ1v) is 6.09. The molecule has 0 unspecified atom stereocenters. The predicted octanol–water partition coefficient (Wildman–Crippen LogP) is 0.930. The highest BCUT2D eigenvalue weighted by Gasteiger charge is 2.20. The molecule has 2 N–H and O–H groups in total. The molecular weight excluding hydrogens is 232 g/mol. The SMILES string of the molecule is CC(C)S(=O)(=O)Nc1ncccc1C(=O)O. The minimum atomic E-state index is -3.58. The zero-order valence-electron chi connectivity index (χ0n) is 8.84. The van der Waals surface area contributed by atoms with Crippen molar-refractivity contribution in [2.75, 3.05) is 4.72 Å². The van der Waals surface area contributed by atoms with Crippen molar-refractivity contribution >= 4 is 21.8 Å². The Morgan fingerprint density at radius 3 is 2.62 bits per heavy atom. The first-order valence-electron chi connectivity index (χ1n) is 4.54. The molecule has 0 aromatic carbocycles. The average molecular weight is 244 g/mol. The largest absolute Gasteiger partial charge is 0.478 e. The van der Waals surface area contributed by atoms with Crippen LogP contribution in [0.15, 0.2) is 18.3 Å². The number of nitrogens with zero attached hydrogens (tertiary/aromatic N) is 1. The number of rotatable bonds is 4. The number of sulfonamides is 1. The van der Waals surface area contributed by atoms with Crippen molar-refractivity contribution in [2.24, 2.45) is 0 Å². The smallest absolute Gasteiger partial charge is 0.339 e. The first-order chi connectivity index (χ1) is 7.34. The molecule has 0 fully saturated rings. The van der Waals surface area contributed by atoms with Crippen molar-refractivity contribution < 1.29 is 18.3 Å². The Morgan fingerprint density at radius 2 is 2.12 bits per heavy atom. The van der Waals surface area contributed by atoms with E-state index >= 15 is 0 Å². The molecule has 0 spiro atoms. The summed E-state index contributed by atoms with van der Waals surface area (Å²) in [5, 5.41) is 8.17. The van der Waals surface area contributed by atoms with Gasteiger partial charge >= 0.3 is 5.97 Å². The summed E-state index contributed by atoms with van der Waals surface area (Å²) in [7, 11) is -3.58. The van der Waals surface area contributed by atoms with Crippen molar-refractivity contribution in [3.05, 3.63) is 23.9 Å². The minimum absolute atomic E-state index is 0.163. The molecule has 0 saturated heterocycles. The second kappa shape index (κ2) is 4.48. The lowest BCUT2D eigenvalue weighted by Gasteiger charge is -2.11. The lowest BCUT2D eigenvalue weighted by atomic mass is 10.3. The van der Waals surface area contributed by atoms with Crippen LogP contribution in [0, 0.1) is 0 Å². The van der Waals surface area contributed by atoms with Gasteiger partial charge in [-0.3, -0.25) is 4.72 Å². The third-order valence-electron chi connectivity index (χ3n) is 1.90. The molecule has 0 saturated carbocycles. The Labute approximate surface area is 93.4 Å². The second-order valence-electron chi connectivity index (χ2n) is 3.40. The molecule has 0 atom stereocenters. The highest BCUT2D eigenvalue weighted by atomic mass is 32.2. The molecule has 0 aliphatic heterocycles. The van der Waals surface area contributed by atoms with E-state index in [4.69, 9.17) is 5.11 Å². The summed E-state index contributed by atoms with van der Waals surface area (Å²) in [6, 6.07) is 2.71. The molecular formula is C9H12N2O4S. The Hall–Kier alpha value is -1.63. The van der Waals surface area contributed by atoms with E-state index in [0.717, 1.165) is 0 Å². The maximum atomic E-state index is 11.5. The van der Waals surface area contributed by atoms with Crippen LogP contribution in [0.1, 0.15) is 24.2 Å². The van der Waals surface area contributed by atoms with Crippen LogP contribution in [0.4, 0.5) is 5.82 Å². The van der Waals surface area contributed by atoms with Crippen LogP contribution in [-0.4, -0.2) is 29.7 Å². The van der Waals surface area contributed by atoms with Gasteiger partial charge in [0.15, 0.2) is 5.82 Å². The normalized spacial score (nSPS) is 11.4. The molecule has 1 aromatic rings. The molecule has 16 heavy (non-hydrogen) atoms. The van der Waals surface area contributed by atoms with Gasteiger partial charge in [-0.1, -0.05) is 0 Å². The number of aromatic carboxylic acids is 1. The lowest BCUT2D eigenvalue weighted by Crippen LogP contribution is -2.24. The number of carbonyl (C=O) groups is 1. The van der Waals surface area contributed by atoms with E-state index in [1.165, 1.54) is 32.2 Å². The van der Waals surface area contributed by atoms with Gasteiger partial charge in [0.1, 0.15) is 5.56 Å². The number of carboxylic acid groups (broad SMARTS) is 1. The molecule has 1 rings (SSSR count). The summed E-state index contributed by atoms with van der Waals surface area (Å²) in [5.74, 6) is -1.39. The fourth-order valence-electron chi connectivity index (χ4n) is 0.912. The van der Waals surface area contributed by atoms with Crippen LogP contribution in [-0.2, 0) is 10.0 Å². The fraction of sp³-hybridized carbons (Fsp3) is 0.333. The zero-order chi connectivity index (χ0) is 12.3. The molecule has 7 heteroatoms. The van der Waals surface area contributed by atoms with Crippen LogP contribution in [0.25, 0.3) is 0 Å². The number of hydrogen-bond donors (Lipinski definition) is 2. The Bertz CT molecular complexity index is 496. The number of hydrogen-bond acceptors (Lipinski definition) is 4. The van der Waals surface area contributed by atoms with E-state index in [1.54, 1.807) is 0 Å². The molecule has 1 aromatic heterocycles. The van der Waals surface area contributed by atoms with Gasteiger partial charge in [0, 0.05) is 6.20 Å². The second-order valence-corrected chi connectivity index (χ2v) is 5.64. The van der Waals surface area contributed by atoms with E-state index in [0.29, 0.717) is 0 Å². The molecule has 6 nitrogen and oxygen atoms in total. The summed E-state index contributed by atoms with van der Waals surface area (Å²) in [6.45, 7) is 2.98. The molecule has 0 aliphatic rings.